The SMILES string of the molecule is COC(=O)c1nc(Br)sc1-c1ccc(C)c(F)c1. The van der Waals surface area contributed by atoms with E-state index in [1.165, 1.54) is 24.5 Å². The van der Waals surface area contributed by atoms with E-state index in [9.17, 15) is 9.18 Å². The van der Waals surface area contributed by atoms with E-state index >= 15 is 0 Å². The number of rotatable bonds is 2. The predicted octanol–water partition coefficient (Wildman–Crippen LogP) is 3.81. The van der Waals surface area contributed by atoms with Gasteiger partial charge in [-0.05, 0) is 40.0 Å². The first-order chi connectivity index (χ1) is 8.52. The fourth-order valence-electron chi connectivity index (χ4n) is 1.46. The van der Waals surface area contributed by atoms with Crippen molar-refractivity contribution in [1.29, 1.82) is 0 Å². The number of carbonyl (C=O) groups is 1. The highest BCUT2D eigenvalue weighted by atomic mass is 79.9. The Morgan fingerprint density at radius 2 is 2.22 bits per heavy atom. The molecule has 0 bridgehead atoms. The fraction of sp³-hybridized carbons (Fsp3) is 0.167. The van der Waals surface area contributed by atoms with Crippen molar-refractivity contribution in [1.82, 2.24) is 4.98 Å². The van der Waals surface area contributed by atoms with E-state index in [1.807, 2.05) is 0 Å². The molecule has 6 heteroatoms. The molecule has 1 heterocycles. The van der Waals surface area contributed by atoms with Crippen LogP contribution in [0.5, 0.6) is 0 Å². The van der Waals surface area contributed by atoms with Crippen LogP contribution in [0.3, 0.4) is 0 Å². The van der Waals surface area contributed by atoms with Crippen molar-refractivity contribution >= 4 is 33.2 Å². The number of ether oxygens (including phenoxy) is 1. The van der Waals surface area contributed by atoms with Gasteiger partial charge in [0.15, 0.2) is 9.61 Å². The van der Waals surface area contributed by atoms with E-state index in [1.54, 1.807) is 19.1 Å². The molecular weight excluding hydrogens is 321 g/mol. The smallest absolute Gasteiger partial charge is 0.358 e. The molecular formula is C12H9BrFNO2S. The molecule has 94 valence electrons. The monoisotopic (exact) mass is 329 g/mol. The molecule has 0 radical (unpaired) electrons. The molecule has 0 atom stereocenters. The minimum Gasteiger partial charge on any atom is -0.464 e. The van der Waals surface area contributed by atoms with Gasteiger partial charge < -0.3 is 4.74 Å². The zero-order valence-corrected chi connectivity index (χ0v) is 12.1. The molecule has 0 fully saturated rings. The van der Waals surface area contributed by atoms with Gasteiger partial charge in [0.05, 0.1) is 12.0 Å². The Labute approximate surface area is 116 Å². The van der Waals surface area contributed by atoms with E-state index in [0.717, 1.165) is 0 Å². The van der Waals surface area contributed by atoms with Crippen LogP contribution in [0, 0.1) is 12.7 Å². The van der Waals surface area contributed by atoms with Gasteiger partial charge in [-0.1, -0.05) is 12.1 Å². The summed E-state index contributed by atoms with van der Waals surface area (Å²) in [5, 5.41) is 0. The maximum atomic E-state index is 13.5. The molecule has 3 nitrogen and oxygen atoms in total. The number of aryl methyl sites for hydroxylation is 1. The van der Waals surface area contributed by atoms with Crippen molar-refractivity contribution in [2.75, 3.05) is 7.11 Å². The second-order valence-electron chi connectivity index (χ2n) is 3.60. The quantitative estimate of drug-likeness (QED) is 0.786. The van der Waals surface area contributed by atoms with E-state index in [0.29, 0.717) is 19.9 Å². The lowest BCUT2D eigenvalue weighted by Gasteiger charge is -2.02. The molecule has 0 aliphatic heterocycles. The summed E-state index contributed by atoms with van der Waals surface area (Å²) in [7, 11) is 1.29. The Kier molecular flexibility index (Phi) is 3.77. The summed E-state index contributed by atoms with van der Waals surface area (Å²) in [6.45, 7) is 1.68. The number of halogens is 2. The number of hydrogen-bond acceptors (Lipinski definition) is 4. The van der Waals surface area contributed by atoms with Gasteiger partial charge in [0.1, 0.15) is 5.82 Å². The third-order valence-electron chi connectivity index (χ3n) is 2.41. The molecule has 18 heavy (non-hydrogen) atoms. The highest BCUT2D eigenvalue weighted by Gasteiger charge is 2.19. The van der Waals surface area contributed by atoms with E-state index in [4.69, 9.17) is 0 Å². The Bertz CT molecular complexity index is 612. The third-order valence-corrected chi connectivity index (χ3v) is 3.97. The van der Waals surface area contributed by atoms with Crippen LogP contribution in [0.1, 0.15) is 16.1 Å². The molecule has 2 rings (SSSR count). The molecule has 0 N–H and O–H groups in total. The van der Waals surface area contributed by atoms with Crippen molar-refractivity contribution in [3.63, 3.8) is 0 Å². The topological polar surface area (TPSA) is 39.2 Å². The Hall–Kier alpha value is -1.27. The number of hydrogen-bond donors (Lipinski definition) is 0. The molecule has 0 unspecified atom stereocenters. The lowest BCUT2D eigenvalue weighted by atomic mass is 10.1. The number of aromatic nitrogens is 1. The summed E-state index contributed by atoms with van der Waals surface area (Å²) in [6.07, 6.45) is 0. The van der Waals surface area contributed by atoms with Gasteiger partial charge in [0.2, 0.25) is 0 Å². The largest absolute Gasteiger partial charge is 0.464 e. The first-order valence-electron chi connectivity index (χ1n) is 5.04. The third kappa shape index (κ3) is 2.44. The molecule has 1 aromatic heterocycles. The van der Waals surface area contributed by atoms with Crippen LogP contribution in [0.2, 0.25) is 0 Å². The zero-order chi connectivity index (χ0) is 13.3. The van der Waals surface area contributed by atoms with Crippen LogP contribution in [-0.2, 0) is 4.74 Å². The molecule has 0 aliphatic carbocycles. The first-order valence-corrected chi connectivity index (χ1v) is 6.65. The minimum atomic E-state index is -0.534. The molecule has 0 aliphatic rings. The van der Waals surface area contributed by atoms with Gasteiger partial charge >= 0.3 is 5.97 Å². The van der Waals surface area contributed by atoms with Crippen LogP contribution in [-0.4, -0.2) is 18.1 Å². The lowest BCUT2D eigenvalue weighted by Crippen LogP contribution is -2.03. The number of thiazole rings is 1. The van der Waals surface area contributed by atoms with Crippen molar-refractivity contribution in [2.24, 2.45) is 0 Å². The van der Waals surface area contributed by atoms with Crippen LogP contribution in [0.25, 0.3) is 10.4 Å². The van der Waals surface area contributed by atoms with Crippen molar-refractivity contribution in [3.8, 4) is 10.4 Å². The minimum absolute atomic E-state index is 0.192. The van der Waals surface area contributed by atoms with Crippen LogP contribution in [0.4, 0.5) is 4.39 Å². The fourth-order valence-corrected chi connectivity index (χ4v) is 2.90. The Balaban J connectivity index is 2.56. The highest BCUT2D eigenvalue weighted by molar-refractivity contribution is 9.11. The molecule has 0 saturated carbocycles. The molecule has 0 saturated heterocycles. The van der Waals surface area contributed by atoms with E-state index in [2.05, 4.69) is 25.7 Å². The second kappa shape index (κ2) is 5.16. The number of nitrogens with zero attached hydrogens (tertiary/aromatic N) is 1. The van der Waals surface area contributed by atoms with Gasteiger partial charge in [-0.3, -0.25) is 0 Å². The standard InChI is InChI=1S/C12H9BrFNO2S/c1-6-3-4-7(5-8(6)14)10-9(11(16)17-2)15-12(13)18-10/h3-5H,1-2H3. The second-order valence-corrected chi connectivity index (χ2v) is 5.88. The van der Waals surface area contributed by atoms with Gasteiger partial charge in [-0.2, -0.15) is 0 Å². The van der Waals surface area contributed by atoms with Gasteiger partial charge in [0.25, 0.3) is 0 Å². The van der Waals surface area contributed by atoms with E-state index in [-0.39, 0.29) is 11.5 Å². The van der Waals surface area contributed by atoms with Crippen LogP contribution >= 0.6 is 27.3 Å². The average molecular weight is 330 g/mol. The van der Waals surface area contributed by atoms with Crippen molar-refractivity contribution < 1.29 is 13.9 Å². The van der Waals surface area contributed by atoms with Crippen LogP contribution in [0.15, 0.2) is 22.1 Å². The summed E-state index contributed by atoms with van der Waals surface area (Å²) in [5.41, 5.74) is 1.36. The van der Waals surface area contributed by atoms with Gasteiger partial charge in [-0.25, -0.2) is 14.2 Å². The lowest BCUT2D eigenvalue weighted by molar-refractivity contribution is 0.0595. The predicted molar refractivity (Wildman–Crippen MR) is 71.3 cm³/mol. The molecule has 2 aromatic rings. The Morgan fingerprint density at radius 1 is 1.50 bits per heavy atom. The first kappa shape index (κ1) is 13.2. The Morgan fingerprint density at radius 3 is 2.83 bits per heavy atom. The number of esters is 1. The number of benzene rings is 1. The summed E-state index contributed by atoms with van der Waals surface area (Å²) in [4.78, 5) is 16.2. The van der Waals surface area contributed by atoms with Crippen LogP contribution < -0.4 is 0 Å². The number of carbonyl (C=O) groups excluding carboxylic acids is 1. The van der Waals surface area contributed by atoms with Gasteiger partial charge in [0, 0.05) is 0 Å². The molecule has 1 aromatic carbocycles. The summed E-state index contributed by atoms with van der Waals surface area (Å²) in [5.74, 6) is -0.847. The summed E-state index contributed by atoms with van der Waals surface area (Å²) < 4.78 is 18.8. The van der Waals surface area contributed by atoms with Crippen molar-refractivity contribution in [2.45, 2.75) is 6.92 Å². The maximum absolute atomic E-state index is 13.5. The zero-order valence-electron chi connectivity index (χ0n) is 9.66. The summed E-state index contributed by atoms with van der Waals surface area (Å²) in [6, 6.07) is 4.81. The molecule has 0 amide bonds. The summed E-state index contributed by atoms with van der Waals surface area (Å²) >= 11 is 4.48. The average Bonchev–Trinajstić information content (AvgIpc) is 2.74. The van der Waals surface area contributed by atoms with Gasteiger partial charge in [-0.15, -0.1) is 11.3 Å². The van der Waals surface area contributed by atoms with E-state index < -0.39 is 5.97 Å². The number of methoxy groups -OCH3 is 1. The normalized spacial score (nSPS) is 10.4. The van der Waals surface area contributed by atoms with Crippen molar-refractivity contribution in [3.05, 3.63) is 39.2 Å². The molecule has 0 spiro atoms. The highest BCUT2D eigenvalue weighted by Crippen LogP contribution is 2.34. The maximum Gasteiger partial charge on any atom is 0.358 e.